The van der Waals surface area contributed by atoms with Crippen molar-refractivity contribution in [3.8, 4) is 5.75 Å². The number of carbonyl (C=O) groups is 2. The first-order valence-corrected chi connectivity index (χ1v) is 9.74. The van der Waals surface area contributed by atoms with Crippen LogP contribution in [0, 0.1) is 5.92 Å². The molecule has 0 spiro atoms. The van der Waals surface area contributed by atoms with E-state index < -0.39 is 12.6 Å². The van der Waals surface area contributed by atoms with Gasteiger partial charge in [0.25, 0.3) is 0 Å². The van der Waals surface area contributed by atoms with Crippen LogP contribution in [0.2, 0.25) is 0 Å². The van der Waals surface area contributed by atoms with Crippen LogP contribution in [0.3, 0.4) is 0 Å². The molecule has 1 saturated heterocycles. The van der Waals surface area contributed by atoms with Crippen molar-refractivity contribution in [1.82, 2.24) is 4.90 Å². The van der Waals surface area contributed by atoms with Gasteiger partial charge in [0.05, 0.1) is 5.92 Å². The average molecular weight is 415 g/mol. The molecule has 5 nitrogen and oxygen atoms in total. The largest absolute Gasteiger partial charge is 0.460 e. The van der Waals surface area contributed by atoms with E-state index in [9.17, 15) is 18.4 Å². The summed E-state index contributed by atoms with van der Waals surface area (Å²) in [4.78, 5) is 26.4. The van der Waals surface area contributed by atoms with Crippen LogP contribution >= 0.6 is 0 Å². The lowest BCUT2D eigenvalue weighted by Gasteiger charge is -2.30. The Morgan fingerprint density at radius 2 is 1.70 bits per heavy atom. The van der Waals surface area contributed by atoms with Gasteiger partial charge >= 0.3 is 12.6 Å². The summed E-state index contributed by atoms with van der Waals surface area (Å²) in [7, 11) is 0. The molecule has 0 atom stereocenters. The third-order valence-electron chi connectivity index (χ3n) is 4.92. The highest BCUT2D eigenvalue weighted by molar-refractivity contribution is 5.92. The number of piperidine rings is 1. The molecule has 0 N–H and O–H groups in total. The monoisotopic (exact) mass is 415 g/mol. The molecule has 3 rings (SSSR count). The number of ether oxygens (including phenoxy) is 2. The molecule has 0 bridgehead atoms. The molecule has 0 aromatic heterocycles. The summed E-state index contributed by atoms with van der Waals surface area (Å²) in [5, 5.41) is 0. The Morgan fingerprint density at radius 1 is 1.03 bits per heavy atom. The van der Waals surface area contributed by atoms with E-state index in [4.69, 9.17) is 4.74 Å². The van der Waals surface area contributed by atoms with Crippen molar-refractivity contribution in [2.75, 3.05) is 13.1 Å². The molecule has 2 aromatic carbocycles. The maximum absolute atomic E-state index is 12.5. The lowest BCUT2D eigenvalue weighted by molar-refractivity contribution is -0.152. The van der Waals surface area contributed by atoms with Gasteiger partial charge in [0.2, 0.25) is 5.91 Å². The first-order chi connectivity index (χ1) is 14.5. The van der Waals surface area contributed by atoms with Crippen molar-refractivity contribution < 1.29 is 27.8 Å². The quantitative estimate of drug-likeness (QED) is 0.500. The van der Waals surface area contributed by atoms with Gasteiger partial charge in [-0.25, -0.2) is 0 Å². The van der Waals surface area contributed by atoms with Crippen LogP contribution < -0.4 is 4.74 Å². The summed E-state index contributed by atoms with van der Waals surface area (Å²) in [5.74, 6) is -0.821. The van der Waals surface area contributed by atoms with Crippen molar-refractivity contribution in [3.63, 3.8) is 0 Å². The summed E-state index contributed by atoms with van der Waals surface area (Å²) >= 11 is 0. The minimum Gasteiger partial charge on any atom is -0.460 e. The second kappa shape index (κ2) is 10.5. The zero-order valence-corrected chi connectivity index (χ0v) is 16.4. The second-order valence-corrected chi connectivity index (χ2v) is 6.94. The summed E-state index contributed by atoms with van der Waals surface area (Å²) < 4.78 is 34.7. The number of benzene rings is 2. The molecule has 158 valence electrons. The number of carbonyl (C=O) groups excluding carboxylic acids is 2. The van der Waals surface area contributed by atoms with Gasteiger partial charge in [0.1, 0.15) is 12.4 Å². The van der Waals surface area contributed by atoms with Crippen molar-refractivity contribution >= 4 is 18.0 Å². The van der Waals surface area contributed by atoms with Gasteiger partial charge in [-0.1, -0.05) is 48.5 Å². The molecule has 7 heteroatoms. The number of nitrogens with zero attached hydrogens (tertiary/aromatic N) is 1. The van der Waals surface area contributed by atoms with Crippen LogP contribution in [0.1, 0.15) is 24.0 Å². The van der Waals surface area contributed by atoms with Gasteiger partial charge in [-0.05, 0) is 30.5 Å². The Morgan fingerprint density at radius 3 is 2.40 bits per heavy atom. The summed E-state index contributed by atoms with van der Waals surface area (Å²) in [6.45, 7) is -2.16. The smallest absolute Gasteiger partial charge is 0.387 e. The minimum absolute atomic E-state index is 0.00841. The van der Waals surface area contributed by atoms with E-state index in [0.717, 1.165) is 5.56 Å². The first kappa shape index (κ1) is 21.5. The van der Waals surface area contributed by atoms with Crippen LogP contribution in [0.15, 0.2) is 60.7 Å². The molecule has 1 aliphatic heterocycles. The fraction of sp³-hybridized carbons (Fsp3) is 0.304. The van der Waals surface area contributed by atoms with Crippen LogP contribution in [0.4, 0.5) is 8.78 Å². The van der Waals surface area contributed by atoms with Gasteiger partial charge in [-0.2, -0.15) is 8.78 Å². The highest BCUT2D eigenvalue weighted by Crippen LogP contribution is 2.23. The van der Waals surface area contributed by atoms with Gasteiger partial charge in [0, 0.05) is 24.7 Å². The maximum atomic E-state index is 12.5. The van der Waals surface area contributed by atoms with Gasteiger partial charge in [-0.3, -0.25) is 9.59 Å². The fourth-order valence-corrected chi connectivity index (χ4v) is 3.27. The highest BCUT2D eigenvalue weighted by atomic mass is 19.3. The Labute approximate surface area is 173 Å². The molecular weight excluding hydrogens is 392 g/mol. The van der Waals surface area contributed by atoms with Crippen molar-refractivity contribution in [3.05, 3.63) is 71.8 Å². The number of hydrogen-bond donors (Lipinski definition) is 0. The molecule has 1 amide bonds. The van der Waals surface area contributed by atoms with E-state index in [1.54, 1.807) is 29.2 Å². The number of rotatable bonds is 7. The predicted octanol–water partition coefficient (Wildman–Crippen LogP) is 4.28. The van der Waals surface area contributed by atoms with E-state index in [-0.39, 0.29) is 24.2 Å². The number of likely N-dealkylation sites (tertiary alicyclic amines) is 1. The van der Waals surface area contributed by atoms with Crippen LogP contribution in [0.5, 0.6) is 5.75 Å². The zero-order chi connectivity index (χ0) is 21.3. The molecule has 30 heavy (non-hydrogen) atoms. The average Bonchev–Trinajstić information content (AvgIpc) is 2.77. The van der Waals surface area contributed by atoms with Gasteiger partial charge in [-0.15, -0.1) is 0 Å². The van der Waals surface area contributed by atoms with Crippen molar-refractivity contribution in [2.24, 2.45) is 5.92 Å². The van der Waals surface area contributed by atoms with Crippen molar-refractivity contribution in [1.29, 1.82) is 0 Å². The number of hydrogen-bond acceptors (Lipinski definition) is 4. The predicted molar refractivity (Wildman–Crippen MR) is 108 cm³/mol. The topological polar surface area (TPSA) is 55.8 Å². The third-order valence-corrected chi connectivity index (χ3v) is 4.92. The lowest BCUT2D eigenvalue weighted by atomic mass is 9.97. The third kappa shape index (κ3) is 6.14. The summed E-state index contributed by atoms with van der Waals surface area (Å²) in [5.41, 5.74) is 1.32. The molecule has 0 saturated carbocycles. The summed E-state index contributed by atoms with van der Waals surface area (Å²) in [6, 6.07) is 15.8. The van der Waals surface area contributed by atoms with Crippen LogP contribution in [0.25, 0.3) is 6.08 Å². The van der Waals surface area contributed by atoms with E-state index in [1.165, 1.54) is 12.1 Å². The Kier molecular flexibility index (Phi) is 7.54. The number of amides is 1. The standard InChI is InChI=1S/C23H23F2NO4/c24-23(25)30-20-9-5-4-8-19(20)16-29-22(28)18-12-14-26(15-13-18)21(27)11-10-17-6-2-1-3-7-17/h1-11,18,23H,12-16H2/b11-10+. The first-order valence-electron chi connectivity index (χ1n) is 9.74. The molecule has 2 aromatic rings. The second-order valence-electron chi connectivity index (χ2n) is 6.94. The Bertz CT molecular complexity index is 878. The van der Waals surface area contributed by atoms with Crippen LogP contribution in [-0.2, 0) is 20.9 Å². The number of alkyl halides is 2. The normalized spacial score (nSPS) is 14.8. The van der Waals surface area contributed by atoms with E-state index >= 15 is 0 Å². The van der Waals surface area contributed by atoms with Crippen LogP contribution in [-0.4, -0.2) is 36.5 Å². The molecule has 1 heterocycles. The maximum Gasteiger partial charge on any atom is 0.387 e. The van der Waals surface area contributed by atoms with E-state index in [0.29, 0.717) is 31.5 Å². The van der Waals surface area contributed by atoms with E-state index in [1.807, 2.05) is 30.3 Å². The Hall–Kier alpha value is -3.22. The number of halogens is 2. The SMILES string of the molecule is O=C(OCc1ccccc1OC(F)F)C1CCN(C(=O)/C=C/c2ccccc2)CC1. The Balaban J connectivity index is 1.46. The molecular formula is C23H23F2NO4. The lowest BCUT2D eigenvalue weighted by Crippen LogP contribution is -2.39. The van der Waals surface area contributed by atoms with E-state index in [2.05, 4.69) is 4.74 Å². The molecule has 1 aliphatic rings. The van der Waals surface area contributed by atoms with Gasteiger partial charge in [0.15, 0.2) is 0 Å². The summed E-state index contributed by atoms with van der Waals surface area (Å²) in [6.07, 6.45) is 4.30. The number of esters is 1. The van der Waals surface area contributed by atoms with Crippen molar-refractivity contribution in [2.45, 2.75) is 26.1 Å². The zero-order valence-electron chi connectivity index (χ0n) is 16.4. The minimum atomic E-state index is -2.94. The molecule has 0 radical (unpaired) electrons. The fourth-order valence-electron chi connectivity index (χ4n) is 3.27. The molecule has 0 aliphatic carbocycles. The number of para-hydroxylation sites is 1. The van der Waals surface area contributed by atoms with Gasteiger partial charge < -0.3 is 14.4 Å². The highest BCUT2D eigenvalue weighted by Gasteiger charge is 2.28. The molecule has 0 unspecified atom stereocenters. The molecule has 1 fully saturated rings.